The molecule has 8 heteroatoms. The first-order chi connectivity index (χ1) is 19.6. The molecule has 1 heterocycles. The van der Waals surface area contributed by atoms with E-state index in [1.807, 2.05) is 72.8 Å². The number of ketones is 1. The van der Waals surface area contributed by atoms with Gasteiger partial charge in [0.05, 0.1) is 22.2 Å². The molecule has 206 valence electrons. The molecule has 2 N–H and O–H groups in total. The van der Waals surface area contributed by atoms with Crippen molar-refractivity contribution in [2.24, 2.45) is 0 Å². The third kappa shape index (κ3) is 6.93. The Bertz CT molecular complexity index is 1440. The normalized spacial score (nSPS) is 15.2. The highest BCUT2D eigenvalue weighted by atomic mass is 32.1. The average Bonchev–Trinajstić information content (AvgIpc) is 3.43. The number of thiazole rings is 1. The van der Waals surface area contributed by atoms with Gasteiger partial charge in [0, 0.05) is 6.54 Å². The molecule has 0 saturated carbocycles. The van der Waals surface area contributed by atoms with E-state index in [1.165, 1.54) is 16.9 Å². The Balaban J connectivity index is 1.19. The zero-order chi connectivity index (χ0) is 27.7. The van der Waals surface area contributed by atoms with Gasteiger partial charge in [-0.3, -0.25) is 9.59 Å². The quantitative estimate of drug-likeness (QED) is 0.170. The van der Waals surface area contributed by atoms with Gasteiger partial charge in [-0.1, -0.05) is 66.7 Å². The number of nitrogens with one attached hydrogen (secondary N) is 2. The Morgan fingerprint density at radius 3 is 2.58 bits per heavy atom. The fourth-order valence-corrected chi connectivity index (χ4v) is 6.09. The number of rotatable bonds is 11. The molecule has 0 aliphatic heterocycles. The van der Waals surface area contributed by atoms with Crippen molar-refractivity contribution in [2.45, 2.75) is 57.1 Å². The third-order valence-corrected chi connectivity index (χ3v) is 8.28. The number of para-hydroxylation sites is 1. The molecule has 0 radical (unpaired) electrons. The largest absolute Gasteiger partial charge is 0.445 e. The number of hydrogen-bond acceptors (Lipinski definition) is 6. The predicted molar refractivity (Wildman–Crippen MR) is 156 cm³/mol. The molecule has 2 amide bonds. The first-order valence-electron chi connectivity index (χ1n) is 13.8. The lowest BCUT2D eigenvalue weighted by atomic mass is 9.82. The second kappa shape index (κ2) is 13.3. The molecule has 1 aromatic heterocycles. The summed E-state index contributed by atoms with van der Waals surface area (Å²) >= 11 is 1.35. The van der Waals surface area contributed by atoms with Crippen molar-refractivity contribution in [3.8, 4) is 0 Å². The highest BCUT2D eigenvalue weighted by Crippen LogP contribution is 2.32. The number of aromatic nitrogens is 1. The van der Waals surface area contributed by atoms with E-state index in [4.69, 9.17) is 4.74 Å². The number of carbonyl (C=O) groups excluding carboxylic acids is 3. The highest BCUT2D eigenvalue weighted by Gasteiger charge is 2.31. The monoisotopic (exact) mass is 555 g/mol. The van der Waals surface area contributed by atoms with E-state index in [9.17, 15) is 14.4 Å². The third-order valence-electron chi connectivity index (χ3n) is 7.23. The van der Waals surface area contributed by atoms with E-state index in [1.54, 1.807) is 0 Å². The van der Waals surface area contributed by atoms with Crippen molar-refractivity contribution in [1.29, 1.82) is 0 Å². The van der Waals surface area contributed by atoms with Gasteiger partial charge in [0.25, 0.3) is 0 Å². The molecule has 1 aliphatic rings. The average molecular weight is 556 g/mol. The molecule has 40 heavy (non-hydrogen) atoms. The molecule has 5 rings (SSSR count). The Morgan fingerprint density at radius 2 is 1.73 bits per heavy atom. The van der Waals surface area contributed by atoms with Crippen LogP contribution in [0.2, 0.25) is 0 Å². The van der Waals surface area contributed by atoms with Crippen LogP contribution in [0.3, 0.4) is 0 Å². The number of aryl methyl sites for hydroxylation is 1. The van der Waals surface area contributed by atoms with Crippen LogP contribution in [0.4, 0.5) is 4.79 Å². The second-order valence-electron chi connectivity index (χ2n) is 10.0. The second-order valence-corrected chi connectivity index (χ2v) is 11.1. The minimum Gasteiger partial charge on any atom is -0.445 e. The predicted octanol–water partition coefficient (Wildman–Crippen LogP) is 6.18. The number of fused-ring (bicyclic) bond motifs is 2. The van der Waals surface area contributed by atoms with Crippen molar-refractivity contribution in [3.63, 3.8) is 0 Å². The van der Waals surface area contributed by atoms with Crippen molar-refractivity contribution in [3.05, 3.63) is 101 Å². The summed E-state index contributed by atoms with van der Waals surface area (Å²) in [6.45, 7) is 0.626. The number of ether oxygens (including phenoxy) is 1. The zero-order valence-corrected chi connectivity index (χ0v) is 23.1. The number of nitrogens with zero attached hydrogens (tertiary/aromatic N) is 1. The Kier molecular flexibility index (Phi) is 9.18. The van der Waals surface area contributed by atoms with Gasteiger partial charge < -0.3 is 15.4 Å². The Morgan fingerprint density at radius 1 is 0.950 bits per heavy atom. The smallest absolute Gasteiger partial charge is 0.407 e. The minimum absolute atomic E-state index is 0.116. The summed E-state index contributed by atoms with van der Waals surface area (Å²) in [7, 11) is 0. The van der Waals surface area contributed by atoms with Crippen LogP contribution in [0, 0.1) is 0 Å². The van der Waals surface area contributed by atoms with Gasteiger partial charge in [-0.2, -0.15) is 0 Å². The molecule has 7 nitrogen and oxygen atoms in total. The molecule has 4 aromatic rings. The van der Waals surface area contributed by atoms with E-state index in [-0.39, 0.29) is 24.2 Å². The van der Waals surface area contributed by atoms with E-state index in [0.29, 0.717) is 30.8 Å². The van der Waals surface area contributed by atoms with Gasteiger partial charge in [0.15, 0.2) is 5.01 Å². The van der Waals surface area contributed by atoms with Crippen molar-refractivity contribution in [1.82, 2.24) is 15.6 Å². The summed E-state index contributed by atoms with van der Waals surface area (Å²) in [6.07, 6.45) is 3.94. The lowest BCUT2D eigenvalue weighted by molar-refractivity contribution is -0.123. The molecule has 2 atom stereocenters. The van der Waals surface area contributed by atoms with Crippen molar-refractivity contribution in [2.75, 3.05) is 6.54 Å². The van der Waals surface area contributed by atoms with E-state index in [0.717, 1.165) is 40.6 Å². The lowest BCUT2D eigenvalue weighted by Gasteiger charge is -2.26. The van der Waals surface area contributed by atoms with Gasteiger partial charge >= 0.3 is 6.09 Å². The summed E-state index contributed by atoms with van der Waals surface area (Å²) in [5.41, 5.74) is 3.95. The Labute approximate surface area is 238 Å². The van der Waals surface area contributed by atoms with Gasteiger partial charge in [-0.05, 0) is 67.3 Å². The molecule has 0 spiro atoms. The maximum atomic E-state index is 13.6. The summed E-state index contributed by atoms with van der Waals surface area (Å²) in [4.78, 5) is 43.7. The molecular weight excluding hydrogens is 522 g/mol. The number of carbonyl (C=O) groups is 3. The van der Waals surface area contributed by atoms with Gasteiger partial charge in [-0.15, -0.1) is 11.3 Å². The van der Waals surface area contributed by atoms with Gasteiger partial charge in [-0.25, -0.2) is 9.78 Å². The first-order valence-corrected chi connectivity index (χ1v) is 14.6. The maximum absolute atomic E-state index is 13.6. The van der Waals surface area contributed by atoms with E-state index in [2.05, 4.69) is 21.7 Å². The summed E-state index contributed by atoms with van der Waals surface area (Å²) < 4.78 is 6.20. The number of unbranched alkanes of at least 4 members (excludes halogenated alkanes) is 1. The molecule has 1 unspecified atom stereocenters. The summed E-state index contributed by atoms with van der Waals surface area (Å²) in [5.74, 6) is -0.556. The van der Waals surface area contributed by atoms with Crippen LogP contribution < -0.4 is 10.6 Å². The maximum Gasteiger partial charge on any atom is 0.407 e. The number of benzene rings is 3. The number of Topliss-reactive ketones (excluding diaryl/α,β-unsaturated/α-hetero) is 1. The number of hydrogen-bond donors (Lipinski definition) is 2. The number of amides is 2. The van der Waals surface area contributed by atoms with E-state index < -0.39 is 12.1 Å². The van der Waals surface area contributed by atoms with Crippen LogP contribution in [0.1, 0.15) is 64.5 Å². The number of alkyl carbamates (subject to hydrolysis) is 1. The lowest BCUT2D eigenvalue weighted by Crippen LogP contribution is -2.43. The first kappa shape index (κ1) is 27.5. The van der Waals surface area contributed by atoms with Crippen LogP contribution in [0.25, 0.3) is 10.2 Å². The van der Waals surface area contributed by atoms with Crippen LogP contribution >= 0.6 is 11.3 Å². The zero-order valence-electron chi connectivity index (χ0n) is 22.3. The van der Waals surface area contributed by atoms with Crippen LogP contribution in [-0.2, 0) is 22.6 Å². The fourth-order valence-electron chi connectivity index (χ4n) is 5.13. The van der Waals surface area contributed by atoms with Crippen LogP contribution in [0.5, 0.6) is 0 Å². The summed E-state index contributed by atoms with van der Waals surface area (Å²) in [6, 6.07) is 24.5. The summed E-state index contributed by atoms with van der Waals surface area (Å²) in [5, 5.41) is 6.24. The molecule has 1 aliphatic carbocycles. The molecule has 0 saturated heterocycles. The molecule has 0 bridgehead atoms. The molecular formula is C32H33N3O4S. The van der Waals surface area contributed by atoms with Crippen LogP contribution in [-0.4, -0.2) is 35.4 Å². The van der Waals surface area contributed by atoms with Gasteiger partial charge in [0.1, 0.15) is 6.61 Å². The molecule has 3 aromatic carbocycles. The van der Waals surface area contributed by atoms with Crippen molar-refractivity contribution < 1.29 is 19.1 Å². The Hall–Kier alpha value is -4.04. The topological polar surface area (TPSA) is 97.4 Å². The molecule has 0 fully saturated rings. The SMILES string of the molecule is O=C(NCCCC[C@H](NC(=O)C1CCCc2ccccc21)C(=O)c1nc2ccccc2s1)OCc1ccccc1. The highest BCUT2D eigenvalue weighted by molar-refractivity contribution is 7.20. The van der Waals surface area contributed by atoms with Gasteiger partial charge in [0.2, 0.25) is 11.7 Å². The van der Waals surface area contributed by atoms with Crippen LogP contribution in [0.15, 0.2) is 78.9 Å². The van der Waals surface area contributed by atoms with E-state index >= 15 is 0 Å². The standard InChI is InChI=1S/C32H33N3O4S/c36-29(31-35-26-17-6-7-19-28(26)40-31)27(34-30(37)25-16-10-14-23-13-4-5-15-24(23)25)18-8-9-20-33-32(38)39-21-22-11-2-1-3-12-22/h1-7,11-13,15,17,19,25,27H,8-10,14,16,18,20-21H2,(H,33,38)(H,34,37)/t25?,27-/m0/s1. The van der Waals surface area contributed by atoms with Crippen molar-refractivity contribution >= 4 is 39.3 Å². The fraction of sp³-hybridized carbons (Fsp3) is 0.312. The minimum atomic E-state index is -0.688.